The third-order valence-corrected chi connectivity index (χ3v) is 17.4. The van der Waals surface area contributed by atoms with Crippen LogP contribution in [0, 0.1) is 0 Å². The van der Waals surface area contributed by atoms with E-state index in [1.807, 2.05) is 4.90 Å². The van der Waals surface area contributed by atoms with E-state index >= 15 is 0 Å². The average Bonchev–Trinajstić information content (AvgIpc) is 2.54. The van der Waals surface area contributed by atoms with Gasteiger partial charge in [0.05, 0.1) is 31.4 Å². The first-order valence-corrected chi connectivity index (χ1v) is 33.2. The van der Waals surface area contributed by atoms with Crippen LogP contribution < -0.4 is 28.3 Å². The number of aliphatic hydroxyl groups is 8. The minimum Gasteiger partial charge on any atom is -0.394 e. The van der Waals surface area contributed by atoms with Gasteiger partial charge in [-0.1, -0.05) is 154 Å². The summed E-state index contributed by atoms with van der Waals surface area (Å²) in [5.74, 6) is -0.561. The van der Waals surface area contributed by atoms with Crippen LogP contribution in [0.3, 0.4) is 0 Å². The number of unbranched alkanes of at least 4 members (excludes halogenated alkanes) is 24. The second kappa shape index (κ2) is 43.4. The Bertz CT molecular complexity index is 1770. The van der Waals surface area contributed by atoms with E-state index < -0.39 is 135 Å². The van der Waals surface area contributed by atoms with Crippen molar-refractivity contribution in [2.24, 2.45) is 22.9 Å². The van der Waals surface area contributed by atoms with E-state index in [9.17, 15) is 50.4 Å². The number of carbonyl (C=O) groups is 2. The predicted molar refractivity (Wildman–Crippen MR) is 325 cm³/mol. The molecule has 17 N–H and O–H groups in total. The smallest absolute Gasteiger partial charge is 0.223 e. The van der Waals surface area contributed by atoms with E-state index in [-0.39, 0.29) is 31.7 Å². The molecule has 19 atom stereocenters. The number of ether oxygens (including phenoxy) is 6. The van der Waals surface area contributed by atoms with E-state index in [1.165, 1.54) is 116 Å². The number of allylic oxidation sites excluding steroid dienone is 4. The fourth-order valence-corrected chi connectivity index (χ4v) is 11.8. The molecule has 3 saturated heterocycles. The van der Waals surface area contributed by atoms with E-state index in [2.05, 4.69) is 43.5 Å². The molecule has 3 heterocycles. The lowest BCUT2D eigenvalue weighted by Gasteiger charge is -2.47. The van der Waals surface area contributed by atoms with Crippen molar-refractivity contribution in [1.82, 2.24) is 10.2 Å². The molecule has 4 rings (SSSR count). The van der Waals surface area contributed by atoms with Gasteiger partial charge in [-0.15, -0.1) is 0 Å². The van der Waals surface area contributed by atoms with Crippen LogP contribution in [0.5, 0.6) is 0 Å². The van der Waals surface area contributed by atoms with Crippen molar-refractivity contribution in [3.63, 3.8) is 0 Å². The Balaban J connectivity index is 1.25. The zero-order valence-corrected chi connectivity index (χ0v) is 51.8. The molecule has 0 aromatic rings. The van der Waals surface area contributed by atoms with Crippen LogP contribution in [0.25, 0.3) is 0 Å². The number of aliphatic hydroxyl groups excluding tert-OH is 8. The maximum Gasteiger partial charge on any atom is 0.223 e. The van der Waals surface area contributed by atoms with Crippen molar-refractivity contribution in [2.75, 3.05) is 32.8 Å². The summed E-state index contributed by atoms with van der Waals surface area (Å²) in [5.41, 5.74) is 25.1. The Morgan fingerprint density at radius 3 is 1.33 bits per heavy atom. The van der Waals surface area contributed by atoms with Gasteiger partial charge in [0.15, 0.2) is 18.9 Å². The molecular weight excluding hydrogens is 1100 g/mol. The SMILES string of the molecule is CCCCCCCCC=CCCCCCCCCN(CCCCCCCCC=CCCCCCCCC)C(=O)CCC(=O)NCC1O[C@H](O[C@@H]2C(O)[C@H](O[C@@H]3C(O)[C@H](N)CC(N)[C@H]3O[C@H]3OC(CO)[C@@H](O)[C@H](O)C3N)O[C@@H]2CO)[C@H](N)C(O)[C@@H]1O. The van der Waals surface area contributed by atoms with E-state index in [0.29, 0.717) is 13.1 Å². The van der Waals surface area contributed by atoms with Crippen LogP contribution in [0.4, 0.5) is 0 Å². The molecule has 4 aliphatic rings. The van der Waals surface area contributed by atoms with Crippen molar-refractivity contribution in [3.05, 3.63) is 24.3 Å². The first kappa shape index (κ1) is 75.2. The molecule has 0 aromatic heterocycles. The maximum atomic E-state index is 13.8. The van der Waals surface area contributed by atoms with Gasteiger partial charge in [-0.2, -0.15) is 0 Å². The number of nitrogens with one attached hydrogen (secondary N) is 1. The highest BCUT2D eigenvalue weighted by molar-refractivity contribution is 5.83. The Kier molecular flexibility index (Phi) is 38.4. The number of hydrogen-bond donors (Lipinski definition) is 13. The molecule has 4 fully saturated rings. The van der Waals surface area contributed by atoms with Gasteiger partial charge in [0.25, 0.3) is 0 Å². The molecule has 22 heteroatoms. The third-order valence-electron chi connectivity index (χ3n) is 17.4. The van der Waals surface area contributed by atoms with Crippen LogP contribution in [0.1, 0.15) is 213 Å². The lowest BCUT2D eigenvalue weighted by molar-refractivity contribution is -0.310. The van der Waals surface area contributed by atoms with E-state index in [1.54, 1.807) is 0 Å². The normalized spacial score (nSPS) is 32.7. The van der Waals surface area contributed by atoms with Crippen molar-refractivity contribution < 1.29 is 78.9 Å². The van der Waals surface area contributed by atoms with Gasteiger partial charge >= 0.3 is 0 Å². The number of rotatable bonds is 45. The molecule has 1 saturated carbocycles. The van der Waals surface area contributed by atoms with Gasteiger partial charge in [0.1, 0.15) is 67.1 Å². The highest BCUT2D eigenvalue weighted by atomic mass is 16.8. The molecule has 22 nitrogen and oxygen atoms in total. The molecule has 1 aliphatic carbocycles. The van der Waals surface area contributed by atoms with Gasteiger partial charge in [-0.3, -0.25) is 9.59 Å². The maximum absolute atomic E-state index is 13.8. The topological polar surface area (TPSA) is 371 Å². The predicted octanol–water partition coefficient (Wildman–Crippen LogP) is 3.98. The molecule has 7 unspecified atom stereocenters. The highest BCUT2D eigenvalue weighted by Gasteiger charge is 2.54. The summed E-state index contributed by atoms with van der Waals surface area (Å²) in [6.07, 6.45) is 20.8. The lowest BCUT2D eigenvalue weighted by atomic mass is 9.84. The summed E-state index contributed by atoms with van der Waals surface area (Å²) in [6, 6.07) is -4.59. The number of carbonyl (C=O) groups excluding carboxylic acids is 2. The third kappa shape index (κ3) is 26.6. The summed E-state index contributed by atoms with van der Waals surface area (Å²) in [7, 11) is 0. The highest BCUT2D eigenvalue weighted by Crippen LogP contribution is 2.35. The van der Waals surface area contributed by atoms with Gasteiger partial charge in [0.2, 0.25) is 11.8 Å². The van der Waals surface area contributed by atoms with E-state index in [0.717, 1.165) is 64.2 Å². The first-order valence-electron chi connectivity index (χ1n) is 33.2. The van der Waals surface area contributed by atoms with Gasteiger partial charge in [-0.25, -0.2) is 0 Å². The first-order chi connectivity index (χ1) is 41.1. The Hall–Kier alpha value is -2.30. The largest absolute Gasteiger partial charge is 0.394 e. The molecule has 0 spiro atoms. The number of hydrogen-bond acceptors (Lipinski definition) is 20. The Labute approximate surface area is 508 Å². The average molecular weight is 1220 g/mol. The van der Waals surface area contributed by atoms with Gasteiger partial charge in [-0.05, 0) is 70.6 Å². The van der Waals surface area contributed by atoms with Gasteiger partial charge in [0, 0.05) is 44.6 Å². The van der Waals surface area contributed by atoms with Crippen LogP contribution >= 0.6 is 0 Å². The Morgan fingerprint density at radius 1 is 0.459 bits per heavy atom. The quantitative estimate of drug-likeness (QED) is 0.0303. The summed E-state index contributed by atoms with van der Waals surface area (Å²) in [6.45, 7) is 4.06. The molecule has 0 radical (unpaired) electrons. The number of amides is 2. The molecule has 496 valence electrons. The fourth-order valence-electron chi connectivity index (χ4n) is 11.8. The second-order valence-corrected chi connectivity index (χ2v) is 24.5. The summed E-state index contributed by atoms with van der Waals surface area (Å²) in [4.78, 5) is 29.0. The van der Waals surface area contributed by atoms with Crippen LogP contribution in [0.15, 0.2) is 24.3 Å². The fraction of sp³-hybridized carbons (Fsp3) is 0.905. The minimum atomic E-state index is -1.72. The molecule has 85 heavy (non-hydrogen) atoms. The van der Waals surface area contributed by atoms with Gasteiger partial charge < -0.3 is 102 Å². The summed E-state index contributed by atoms with van der Waals surface area (Å²) in [5, 5.41) is 88.7. The van der Waals surface area contributed by atoms with E-state index in [4.69, 9.17) is 51.4 Å². The molecular formula is C63H118N6O16. The van der Waals surface area contributed by atoms with Crippen LogP contribution in [-0.2, 0) is 38.0 Å². The van der Waals surface area contributed by atoms with Crippen molar-refractivity contribution >= 4 is 11.8 Å². The lowest BCUT2D eigenvalue weighted by Crippen LogP contribution is -2.68. The molecule has 3 aliphatic heterocycles. The molecule has 0 bridgehead atoms. The number of nitrogens with zero attached hydrogens (tertiary/aromatic N) is 1. The monoisotopic (exact) mass is 1210 g/mol. The zero-order chi connectivity index (χ0) is 61.9. The number of nitrogens with two attached hydrogens (primary N) is 4. The van der Waals surface area contributed by atoms with Crippen molar-refractivity contribution in [3.8, 4) is 0 Å². The molecule has 2 amide bonds. The summed E-state index contributed by atoms with van der Waals surface area (Å²) < 4.78 is 35.7. The summed E-state index contributed by atoms with van der Waals surface area (Å²) >= 11 is 0. The van der Waals surface area contributed by atoms with Crippen LogP contribution in [0.2, 0.25) is 0 Å². The minimum absolute atomic E-state index is 0.00871. The van der Waals surface area contributed by atoms with Crippen molar-refractivity contribution in [1.29, 1.82) is 0 Å². The standard InChI is InChI=1S/C63H118N6O16/c1-3-5-7-9-11-13-15-17-19-21-23-25-27-29-31-33-37-69(38-34-32-30-28-26-24-22-20-18-16-14-12-10-8-6-4-2)49(73)36-35-48(72)68-40-45-53(75)55(77)50(66)61(80-45)84-59-47(42-71)82-63(57(59)79)85-60-52(74)43(64)39-44(65)58(60)83-62-51(67)56(78)54(76)46(41-70)81-62/h17-20,43-47,50-63,70-71,74-79H,3-16,21-42,64-67H2,1-2H3,(H,68,72)/t43-,44?,45?,46?,47-,50-,51?,52?,53-,54-,55?,56-,57?,58-,59+,60-,61-,62-,63+/m1/s1. The Morgan fingerprint density at radius 2 is 0.859 bits per heavy atom. The van der Waals surface area contributed by atoms with Crippen molar-refractivity contribution in [2.45, 2.75) is 329 Å². The molecule has 0 aromatic carbocycles. The van der Waals surface area contributed by atoms with Crippen LogP contribution in [-0.4, -0.2) is 207 Å². The zero-order valence-electron chi connectivity index (χ0n) is 51.8. The second-order valence-electron chi connectivity index (χ2n) is 24.5.